The van der Waals surface area contributed by atoms with E-state index in [1.165, 1.54) is 16.5 Å². The maximum atomic E-state index is 12.1. The van der Waals surface area contributed by atoms with Gasteiger partial charge < -0.3 is 10.3 Å². The first-order chi connectivity index (χ1) is 11.1. The molecule has 0 aliphatic carbocycles. The molecule has 3 aromatic rings. The van der Waals surface area contributed by atoms with Gasteiger partial charge in [-0.05, 0) is 41.7 Å². The van der Waals surface area contributed by atoms with Gasteiger partial charge in [-0.2, -0.15) is 0 Å². The fourth-order valence-electron chi connectivity index (χ4n) is 2.76. The summed E-state index contributed by atoms with van der Waals surface area (Å²) in [5.74, 6) is 0.550. The summed E-state index contributed by atoms with van der Waals surface area (Å²) in [6.45, 7) is 4.32. The number of aryl methyl sites for hydroxylation is 1. The first-order valence-corrected chi connectivity index (χ1v) is 8.08. The maximum absolute atomic E-state index is 12.1. The van der Waals surface area contributed by atoms with Gasteiger partial charge in [0.2, 0.25) is 5.91 Å². The van der Waals surface area contributed by atoms with Crippen molar-refractivity contribution >= 4 is 22.5 Å². The molecule has 3 heteroatoms. The fraction of sp³-hybridized carbons (Fsp3) is 0.250. The Hall–Kier alpha value is -2.55. The number of H-pyrrole nitrogens is 1. The van der Waals surface area contributed by atoms with Crippen molar-refractivity contribution in [2.24, 2.45) is 0 Å². The molecule has 0 saturated carbocycles. The van der Waals surface area contributed by atoms with E-state index in [0.29, 0.717) is 12.3 Å². The van der Waals surface area contributed by atoms with Crippen molar-refractivity contribution in [3.8, 4) is 0 Å². The molecule has 1 aromatic heterocycles. The van der Waals surface area contributed by atoms with Gasteiger partial charge in [-0.1, -0.05) is 44.2 Å². The van der Waals surface area contributed by atoms with E-state index in [0.717, 1.165) is 17.6 Å². The molecule has 0 aliphatic heterocycles. The number of hydrogen-bond acceptors (Lipinski definition) is 1. The lowest BCUT2D eigenvalue weighted by molar-refractivity contribution is -0.116. The van der Waals surface area contributed by atoms with Crippen LogP contribution >= 0.6 is 0 Å². The van der Waals surface area contributed by atoms with Crippen LogP contribution in [-0.2, 0) is 11.2 Å². The van der Waals surface area contributed by atoms with Crippen molar-refractivity contribution < 1.29 is 4.79 Å². The van der Waals surface area contributed by atoms with Gasteiger partial charge in [-0.25, -0.2) is 0 Å². The molecule has 0 aliphatic rings. The van der Waals surface area contributed by atoms with Crippen LogP contribution < -0.4 is 5.32 Å². The number of rotatable bonds is 5. The van der Waals surface area contributed by atoms with Crippen LogP contribution in [-0.4, -0.2) is 10.9 Å². The molecular formula is C20H22N2O. The number of aromatic amines is 1. The Morgan fingerprint density at radius 3 is 2.57 bits per heavy atom. The highest BCUT2D eigenvalue weighted by Crippen LogP contribution is 2.20. The van der Waals surface area contributed by atoms with Gasteiger partial charge in [0, 0.05) is 29.2 Å². The molecule has 0 bridgehead atoms. The minimum absolute atomic E-state index is 0.0487. The molecule has 0 fully saturated rings. The summed E-state index contributed by atoms with van der Waals surface area (Å²) in [6, 6.07) is 16.3. The molecule has 3 nitrogen and oxygen atoms in total. The number of nitrogens with one attached hydrogen (secondary N) is 2. The number of carbonyl (C=O) groups excluding carboxylic acids is 1. The molecule has 2 aromatic carbocycles. The lowest BCUT2D eigenvalue weighted by Gasteiger charge is -2.08. The van der Waals surface area contributed by atoms with E-state index in [-0.39, 0.29) is 5.91 Å². The Kier molecular flexibility index (Phi) is 4.47. The van der Waals surface area contributed by atoms with Gasteiger partial charge in [-0.3, -0.25) is 4.79 Å². The zero-order valence-corrected chi connectivity index (χ0v) is 13.6. The Morgan fingerprint density at radius 1 is 1.09 bits per heavy atom. The molecule has 0 saturated heterocycles. The second kappa shape index (κ2) is 6.69. The molecule has 2 N–H and O–H groups in total. The molecule has 0 atom stereocenters. The smallest absolute Gasteiger partial charge is 0.224 e. The van der Waals surface area contributed by atoms with Crippen LogP contribution in [0.4, 0.5) is 5.69 Å². The highest BCUT2D eigenvalue weighted by molar-refractivity contribution is 5.91. The Balaban J connectivity index is 1.59. The van der Waals surface area contributed by atoms with E-state index >= 15 is 0 Å². The molecular weight excluding hydrogens is 284 g/mol. The van der Waals surface area contributed by atoms with E-state index in [1.807, 2.05) is 30.5 Å². The van der Waals surface area contributed by atoms with E-state index < -0.39 is 0 Å². The maximum Gasteiger partial charge on any atom is 0.224 e. The predicted octanol–water partition coefficient (Wildman–Crippen LogP) is 4.86. The number of amides is 1. The van der Waals surface area contributed by atoms with Gasteiger partial charge >= 0.3 is 0 Å². The van der Waals surface area contributed by atoms with Crippen LogP contribution in [0.3, 0.4) is 0 Å². The quantitative estimate of drug-likeness (QED) is 0.694. The summed E-state index contributed by atoms with van der Waals surface area (Å²) in [5, 5.41) is 4.17. The number of anilines is 1. The van der Waals surface area contributed by atoms with E-state index in [1.54, 1.807) is 0 Å². The second-order valence-electron chi connectivity index (χ2n) is 6.18. The zero-order chi connectivity index (χ0) is 16.2. The molecule has 23 heavy (non-hydrogen) atoms. The lowest BCUT2D eigenvalue weighted by atomic mass is 10.0. The molecule has 0 unspecified atom stereocenters. The van der Waals surface area contributed by atoms with E-state index in [9.17, 15) is 4.79 Å². The van der Waals surface area contributed by atoms with Crippen molar-refractivity contribution in [3.63, 3.8) is 0 Å². The average molecular weight is 306 g/mol. The van der Waals surface area contributed by atoms with Gasteiger partial charge in [0.25, 0.3) is 0 Å². The topological polar surface area (TPSA) is 44.9 Å². The minimum atomic E-state index is 0.0487. The minimum Gasteiger partial charge on any atom is -0.361 e. The first-order valence-electron chi connectivity index (χ1n) is 8.08. The third kappa shape index (κ3) is 3.62. The monoisotopic (exact) mass is 306 g/mol. The SMILES string of the molecule is CC(C)c1ccc(NC(=O)CCc2c[nH]c3ccccc23)cc1. The molecule has 118 valence electrons. The van der Waals surface area contributed by atoms with Crippen LogP contribution in [0, 0.1) is 0 Å². The van der Waals surface area contributed by atoms with Gasteiger partial charge in [0.15, 0.2) is 0 Å². The van der Waals surface area contributed by atoms with Crippen LogP contribution in [0.5, 0.6) is 0 Å². The molecule has 0 spiro atoms. The third-order valence-electron chi connectivity index (χ3n) is 4.16. The molecule has 1 heterocycles. The highest BCUT2D eigenvalue weighted by Gasteiger charge is 2.07. The zero-order valence-electron chi connectivity index (χ0n) is 13.6. The average Bonchev–Trinajstić information content (AvgIpc) is 2.97. The third-order valence-corrected chi connectivity index (χ3v) is 4.16. The summed E-state index contributed by atoms with van der Waals surface area (Å²) >= 11 is 0. The summed E-state index contributed by atoms with van der Waals surface area (Å²) in [6.07, 6.45) is 3.21. The molecule has 0 radical (unpaired) electrons. The summed E-state index contributed by atoms with van der Waals surface area (Å²) in [4.78, 5) is 15.4. The molecule has 3 rings (SSSR count). The van der Waals surface area contributed by atoms with Crippen molar-refractivity contribution in [1.29, 1.82) is 0 Å². The number of aromatic nitrogens is 1. The normalized spacial score (nSPS) is 11.1. The van der Waals surface area contributed by atoms with Crippen LogP contribution in [0.1, 0.15) is 37.3 Å². The predicted molar refractivity (Wildman–Crippen MR) is 95.8 cm³/mol. The highest BCUT2D eigenvalue weighted by atomic mass is 16.1. The fourth-order valence-corrected chi connectivity index (χ4v) is 2.76. The van der Waals surface area contributed by atoms with Crippen molar-refractivity contribution in [1.82, 2.24) is 4.98 Å². The number of para-hydroxylation sites is 1. The van der Waals surface area contributed by atoms with E-state index in [4.69, 9.17) is 0 Å². The van der Waals surface area contributed by atoms with Gasteiger partial charge in [0.1, 0.15) is 0 Å². The second-order valence-corrected chi connectivity index (χ2v) is 6.18. The number of benzene rings is 2. The van der Waals surface area contributed by atoms with Crippen LogP contribution in [0.2, 0.25) is 0 Å². The van der Waals surface area contributed by atoms with E-state index in [2.05, 4.69) is 48.4 Å². The Labute approximate surface area is 136 Å². The van der Waals surface area contributed by atoms with Crippen molar-refractivity contribution in [2.45, 2.75) is 32.6 Å². The number of hydrogen-bond donors (Lipinski definition) is 2. The largest absolute Gasteiger partial charge is 0.361 e. The Bertz CT molecular complexity index is 800. The first kappa shape index (κ1) is 15.3. The van der Waals surface area contributed by atoms with Crippen LogP contribution in [0.15, 0.2) is 54.7 Å². The number of fused-ring (bicyclic) bond motifs is 1. The summed E-state index contributed by atoms with van der Waals surface area (Å²) in [5.41, 5.74) is 4.44. The van der Waals surface area contributed by atoms with Crippen LogP contribution in [0.25, 0.3) is 10.9 Å². The Morgan fingerprint density at radius 2 is 1.83 bits per heavy atom. The standard InChI is InChI=1S/C20H22N2O/c1-14(2)15-7-10-17(11-8-15)22-20(23)12-9-16-13-21-19-6-4-3-5-18(16)19/h3-8,10-11,13-14,21H,9,12H2,1-2H3,(H,22,23). The summed E-state index contributed by atoms with van der Waals surface area (Å²) in [7, 11) is 0. The summed E-state index contributed by atoms with van der Waals surface area (Å²) < 4.78 is 0. The van der Waals surface area contributed by atoms with Gasteiger partial charge in [-0.15, -0.1) is 0 Å². The number of carbonyl (C=O) groups is 1. The lowest BCUT2D eigenvalue weighted by Crippen LogP contribution is -2.12. The van der Waals surface area contributed by atoms with Gasteiger partial charge in [0.05, 0.1) is 0 Å². The van der Waals surface area contributed by atoms with Crippen molar-refractivity contribution in [3.05, 3.63) is 65.9 Å². The van der Waals surface area contributed by atoms with Crippen molar-refractivity contribution in [2.75, 3.05) is 5.32 Å². The molecule has 1 amide bonds.